The zero-order chi connectivity index (χ0) is 13.8. The summed E-state index contributed by atoms with van der Waals surface area (Å²) in [7, 11) is 0. The molecule has 18 heavy (non-hydrogen) atoms. The summed E-state index contributed by atoms with van der Waals surface area (Å²) in [5.74, 6) is 0.703. The number of carbonyl (C=O) groups excluding carboxylic acids is 1. The zero-order valence-corrected chi connectivity index (χ0v) is 14.3. The normalized spacial score (nSPS) is 37.9. The molecule has 0 N–H and O–H groups in total. The first-order chi connectivity index (χ1) is 8.15. The van der Waals surface area contributed by atoms with E-state index in [4.69, 9.17) is 4.74 Å². The molecule has 0 heterocycles. The van der Waals surface area contributed by atoms with Crippen LogP contribution in [0.3, 0.4) is 0 Å². The Labute approximate surface area is 124 Å². The molecule has 0 saturated heterocycles. The molecule has 0 radical (unpaired) electrons. The summed E-state index contributed by atoms with van der Waals surface area (Å²) < 4.78 is 6.70. The predicted octanol–water partition coefficient (Wildman–Crippen LogP) is 4.21. The van der Waals surface area contributed by atoms with E-state index in [1.807, 2.05) is 13.8 Å². The van der Waals surface area contributed by atoms with E-state index in [0.29, 0.717) is 5.41 Å². The van der Waals surface area contributed by atoms with Crippen LogP contribution < -0.4 is 0 Å². The predicted molar refractivity (Wildman–Crippen MR) is 81.8 cm³/mol. The van der Waals surface area contributed by atoms with Crippen molar-refractivity contribution in [3.05, 3.63) is 0 Å². The van der Waals surface area contributed by atoms with Crippen LogP contribution in [0.5, 0.6) is 0 Å². The SMILES string of the molecule is CC(C)(CI)C(=O)OC1CC2CCC1(C)C2(C)C. The van der Waals surface area contributed by atoms with Crippen molar-refractivity contribution in [2.24, 2.45) is 22.2 Å². The molecule has 2 rings (SSSR count). The van der Waals surface area contributed by atoms with E-state index >= 15 is 0 Å². The number of rotatable bonds is 3. The monoisotopic (exact) mass is 364 g/mol. The molecule has 2 saturated carbocycles. The van der Waals surface area contributed by atoms with Gasteiger partial charge in [-0.15, -0.1) is 0 Å². The number of hydrogen-bond donors (Lipinski definition) is 0. The molecule has 0 spiro atoms. The lowest BCUT2D eigenvalue weighted by Gasteiger charge is -2.39. The summed E-state index contributed by atoms with van der Waals surface area (Å²) >= 11 is 2.26. The summed E-state index contributed by atoms with van der Waals surface area (Å²) in [5.41, 5.74) is 0.129. The maximum atomic E-state index is 12.3. The highest BCUT2D eigenvalue weighted by molar-refractivity contribution is 14.1. The van der Waals surface area contributed by atoms with Crippen molar-refractivity contribution in [3.63, 3.8) is 0 Å². The molecule has 0 aliphatic heterocycles. The van der Waals surface area contributed by atoms with Crippen molar-refractivity contribution in [3.8, 4) is 0 Å². The lowest BCUT2D eigenvalue weighted by Crippen LogP contribution is -2.41. The van der Waals surface area contributed by atoms with Crippen molar-refractivity contribution in [1.29, 1.82) is 0 Å². The first-order valence-corrected chi connectivity index (χ1v) is 8.45. The van der Waals surface area contributed by atoms with E-state index < -0.39 is 0 Å². The Morgan fingerprint density at radius 1 is 1.39 bits per heavy atom. The molecule has 0 amide bonds. The van der Waals surface area contributed by atoms with Gasteiger partial charge < -0.3 is 4.74 Å². The molecule has 2 aliphatic carbocycles. The maximum absolute atomic E-state index is 12.3. The Morgan fingerprint density at radius 3 is 2.39 bits per heavy atom. The largest absolute Gasteiger partial charge is 0.461 e. The summed E-state index contributed by atoms with van der Waals surface area (Å²) in [6.45, 7) is 11.0. The Kier molecular flexibility index (Phi) is 3.53. The van der Waals surface area contributed by atoms with E-state index in [0.717, 1.165) is 16.8 Å². The van der Waals surface area contributed by atoms with Crippen LogP contribution in [0.1, 0.15) is 53.9 Å². The van der Waals surface area contributed by atoms with Crippen molar-refractivity contribution in [1.82, 2.24) is 0 Å². The van der Waals surface area contributed by atoms with E-state index in [9.17, 15) is 4.79 Å². The fraction of sp³-hybridized carbons (Fsp3) is 0.933. The number of hydrogen-bond acceptors (Lipinski definition) is 2. The van der Waals surface area contributed by atoms with E-state index in [2.05, 4.69) is 43.4 Å². The molecular weight excluding hydrogens is 339 g/mol. The van der Waals surface area contributed by atoms with Gasteiger partial charge in [-0.05, 0) is 44.4 Å². The zero-order valence-electron chi connectivity index (χ0n) is 12.2. The summed E-state index contributed by atoms with van der Waals surface area (Å²) in [5, 5.41) is 0. The first-order valence-electron chi connectivity index (χ1n) is 6.92. The van der Waals surface area contributed by atoms with Gasteiger partial charge in [0, 0.05) is 9.84 Å². The van der Waals surface area contributed by atoms with Crippen LogP contribution in [0.2, 0.25) is 0 Å². The molecule has 2 nitrogen and oxygen atoms in total. The third kappa shape index (κ3) is 1.92. The maximum Gasteiger partial charge on any atom is 0.312 e. The van der Waals surface area contributed by atoms with Crippen LogP contribution in [-0.4, -0.2) is 16.5 Å². The Balaban J connectivity index is 2.12. The van der Waals surface area contributed by atoms with Crippen LogP contribution >= 0.6 is 22.6 Å². The highest BCUT2D eigenvalue weighted by Gasteiger charge is 2.63. The van der Waals surface area contributed by atoms with Gasteiger partial charge in [-0.25, -0.2) is 0 Å². The second kappa shape index (κ2) is 4.35. The molecule has 2 fully saturated rings. The van der Waals surface area contributed by atoms with Gasteiger partial charge in [0.05, 0.1) is 5.41 Å². The van der Waals surface area contributed by atoms with E-state index in [1.165, 1.54) is 12.8 Å². The average molecular weight is 364 g/mol. The second-order valence-corrected chi connectivity index (χ2v) is 8.28. The van der Waals surface area contributed by atoms with E-state index in [1.54, 1.807) is 0 Å². The van der Waals surface area contributed by atoms with Crippen molar-refractivity contribution in [2.45, 2.75) is 60.0 Å². The van der Waals surface area contributed by atoms with Gasteiger partial charge >= 0.3 is 5.97 Å². The standard InChI is InChI=1S/C15H25IO2/c1-13(2,9-16)12(17)18-11-8-10-6-7-15(11,5)14(10,3)4/h10-11H,6-9H2,1-5H3. The van der Waals surface area contributed by atoms with Crippen molar-refractivity contribution >= 4 is 28.6 Å². The summed E-state index contributed by atoms with van der Waals surface area (Å²) in [6.07, 6.45) is 3.69. The quantitative estimate of drug-likeness (QED) is 0.426. The topological polar surface area (TPSA) is 26.3 Å². The number of carbonyl (C=O) groups is 1. The molecule has 0 aromatic heterocycles. The minimum Gasteiger partial charge on any atom is -0.461 e. The highest BCUT2D eigenvalue weighted by Crippen LogP contribution is 2.66. The third-order valence-corrected chi connectivity index (χ3v) is 7.76. The number of halogens is 1. The third-order valence-electron chi connectivity index (χ3n) is 5.85. The summed E-state index contributed by atoms with van der Waals surface area (Å²) in [6, 6.07) is 0. The molecule has 0 aromatic rings. The smallest absolute Gasteiger partial charge is 0.312 e. The van der Waals surface area contributed by atoms with Gasteiger partial charge in [-0.2, -0.15) is 0 Å². The number of fused-ring (bicyclic) bond motifs is 2. The lowest BCUT2D eigenvalue weighted by atomic mass is 9.70. The fourth-order valence-electron chi connectivity index (χ4n) is 3.65. The van der Waals surface area contributed by atoms with Gasteiger partial charge in [0.25, 0.3) is 0 Å². The Bertz CT molecular complexity index is 362. The van der Waals surface area contributed by atoms with Gasteiger partial charge in [-0.3, -0.25) is 4.79 Å². The van der Waals surface area contributed by atoms with Crippen LogP contribution in [-0.2, 0) is 9.53 Å². The molecule has 0 aromatic carbocycles. The molecule has 3 unspecified atom stereocenters. The minimum absolute atomic E-state index is 0.0218. The minimum atomic E-state index is -0.358. The van der Waals surface area contributed by atoms with Gasteiger partial charge in [-0.1, -0.05) is 43.4 Å². The summed E-state index contributed by atoms with van der Waals surface area (Å²) in [4.78, 5) is 12.3. The second-order valence-electron chi connectivity index (χ2n) is 7.52. The Hall–Kier alpha value is 0.200. The molecule has 104 valence electrons. The Morgan fingerprint density at radius 2 is 2.00 bits per heavy atom. The number of alkyl halides is 1. The number of ether oxygens (including phenoxy) is 1. The van der Waals surface area contributed by atoms with E-state index in [-0.39, 0.29) is 22.9 Å². The van der Waals surface area contributed by atoms with Crippen LogP contribution in [0.25, 0.3) is 0 Å². The van der Waals surface area contributed by atoms with Gasteiger partial charge in [0.15, 0.2) is 0 Å². The average Bonchev–Trinajstić information content (AvgIpc) is 2.62. The fourth-order valence-corrected chi connectivity index (χ4v) is 3.96. The lowest BCUT2D eigenvalue weighted by molar-refractivity contribution is -0.165. The number of esters is 1. The van der Waals surface area contributed by atoms with Gasteiger partial charge in [0.1, 0.15) is 6.10 Å². The molecule has 3 heteroatoms. The van der Waals surface area contributed by atoms with Crippen LogP contribution in [0.4, 0.5) is 0 Å². The molecule has 3 atom stereocenters. The highest BCUT2D eigenvalue weighted by atomic mass is 127. The van der Waals surface area contributed by atoms with Crippen molar-refractivity contribution in [2.75, 3.05) is 4.43 Å². The van der Waals surface area contributed by atoms with Crippen LogP contribution in [0, 0.1) is 22.2 Å². The van der Waals surface area contributed by atoms with Crippen LogP contribution in [0.15, 0.2) is 0 Å². The molecule has 2 aliphatic rings. The van der Waals surface area contributed by atoms with Gasteiger partial charge in [0.2, 0.25) is 0 Å². The molecular formula is C15H25IO2. The molecule has 2 bridgehead atoms. The first kappa shape index (κ1) is 14.6. The van der Waals surface area contributed by atoms with Crippen molar-refractivity contribution < 1.29 is 9.53 Å².